The molecule has 3 heterocycles. The Balaban J connectivity index is 1.59. The lowest BCUT2D eigenvalue weighted by molar-refractivity contribution is -0.0814. The fourth-order valence-corrected chi connectivity index (χ4v) is 3.69. The summed E-state index contributed by atoms with van der Waals surface area (Å²) in [5, 5.41) is 9.61. The first-order valence-corrected chi connectivity index (χ1v) is 8.66. The molecule has 0 radical (unpaired) electrons. The van der Waals surface area contributed by atoms with Gasteiger partial charge >= 0.3 is 0 Å². The number of nitriles is 1. The lowest BCUT2D eigenvalue weighted by Crippen LogP contribution is -2.42. The van der Waals surface area contributed by atoms with Crippen LogP contribution in [0.3, 0.4) is 0 Å². The number of hydrogen-bond donors (Lipinski definition) is 0. The van der Waals surface area contributed by atoms with Crippen molar-refractivity contribution in [3.8, 4) is 6.07 Å². The SMILES string of the molecule is C[C@H]1CN(Cc2cn3ccccc3c2C#N)C[C@@H](c2ccccc2)O1. The average molecular weight is 331 g/mol. The summed E-state index contributed by atoms with van der Waals surface area (Å²) < 4.78 is 8.18. The first-order chi connectivity index (χ1) is 12.2. The van der Waals surface area contributed by atoms with Crippen molar-refractivity contribution >= 4 is 5.52 Å². The molecule has 0 amide bonds. The van der Waals surface area contributed by atoms with Crippen molar-refractivity contribution < 1.29 is 4.74 Å². The Labute approximate surface area is 147 Å². The number of pyridine rings is 1. The Bertz CT molecular complexity index is 910. The van der Waals surface area contributed by atoms with Gasteiger partial charge in [0.15, 0.2) is 0 Å². The maximum atomic E-state index is 9.61. The minimum absolute atomic E-state index is 0.0764. The van der Waals surface area contributed by atoms with Gasteiger partial charge in [-0.15, -0.1) is 0 Å². The van der Waals surface area contributed by atoms with Crippen LogP contribution < -0.4 is 0 Å². The van der Waals surface area contributed by atoms with Crippen LogP contribution in [0.1, 0.15) is 29.7 Å². The minimum Gasteiger partial charge on any atom is -0.368 e. The Morgan fingerprint density at radius 1 is 1.12 bits per heavy atom. The van der Waals surface area contributed by atoms with E-state index in [1.54, 1.807) is 0 Å². The van der Waals surface area contributed by atoms with E-state index in [1.807, 2.05) is 34.9 Å². The van der Waals surface area contributed by atoms with Crippen LogP contribution in [0.2, 0.25) is 0 Å². The molecule has 0 aliphatic carbocycles. The van der Waals surface area contributed by atoms with E-state index in [-0.39, 0.29) is 12.2 Å². The molecule has 2 aromatic heterocycles. The largest absolute Gasteiger partial charge is 0.368 e. The van der Waals surface area contributed by atoms with Crippen LogP contribution in [0, 0.1) is 11.3 Å². The van der Waals surface area contributed by atoms with Crippen LogP contribution in [0.25, 0.3) is 5.52 Å². The fourth-order valence-electron chi connectivity index (χ4n) is 3.69. The molecular formula is C21H21N3O. The number of benzene rings is 1. The van der Waals surface area contributed by atoms with Crippen molar-refractivity contribution in [2.75, 3.05) is 13.1 Å². The molecule has 4 nitrogen and oxygen atoms in total. The van der Waals surface area contributed by atoms with E-state index in [0.29, 0.717) is 0 Å². The van der Waals surface area contributed by atoms with Gasteiger partial charge in [0.2, 0.25) is 0 Å². The summed E-state index contributed by atoms with van der Waals surface area (Å²) in [7, 11) is 0. The van der Waals surface area contributed by atoms with E-state index >= 15 is 0 Å². The quantitative estimate of drug-likeness (QED) is 0.733. The molecule has 0 unspecified atom stereocenters. The highest BCUT2D eigenvalue weighted by molar-refractivity contribution is 5.65. The Morgan fingerprint density at radius 3 is 2.72 bits per heavy atom. The molecule has 4 rings (SSSR count). The van der Waals surface area contributed by atoms with Gasteiger partial charge in [-0.1, -0.05) is 36.4 Å². The number of morpholine rings is 1. The molecule has 4 heteroatoms. The number of nitrogens with zero attached hydrogens (tertiary/aromatic N) is 3. The summed E-state index contributed by atoms with van der Waals surface area (Å²) in [6.45, 7) is 4.59. The Kier molecular flexibility index (Phi) is 4.27. The molecule has 0 bridgehead atoms. The smallest absolute Gasteiger partial charge is 0.102 e. The number of rotatable bonds is 3. The van der Waals surface area contributed by atoms with Gasteiger partial charge < -0.3 is 9.14 Å². The number of aromatic nitrogens is 1. The zero-order valence-electron chi connectivity index (χ0n) is 14.3. The van der Waals surface area contributed by atoms with Crippen molar-refractivity contribution in [1.82, 2.24) is 9.30 Å². The monoisotopic (exact) mass is 331 g/mol. The van der Waals surface area contributed by atoms with Crippen LogP contribution >= 0.6 is 0 Å². The molecule has 0 N–H and O–H groups in total. The standard InChI is InChI=1S/C21H21N3O/c1-16-12-23(15-21(25-16)17-7-3-2-4-8-17)13-18-14-24-10-6-5-9-20(24)19(18)11-22/h2-10,14,16,21H,12-13,15H2,1H3/t16-,21-/m0/s1. The first kappa shape index (κ1) is 15.9. The van der Waals surface area contributed by atoms with Gasteiger partial charge in [0.05, 0.1) is 23.3 Å². The molecule has 1 fully saturated rings. The summed E-state index contributed by atoms with van der Waals surface area (Å²) in [6.07, 6.45) is 4.31. The predicted octanol–water partition coefficient (Wildman–Crippen LogP) is 3.77. The molecule has 1 aromatic carbocycles. The summed E-state index contributed by atoms with van der Waals surface area (Å²) in [5.41, 5.74) is 4.04. The summed E-state index contributed by atoms with van der Waals surface area (Å²) >= 11 is 0. The van der Waals surface area contributed by atoms with E-state index in [1.165, 1.54) is 5.56 Å². The van der Waals surface area contributed by atoms with E-state index < -0.39 is 0 Å². The van der Waals surface area contributed by atoms with Crippen LogP contribution in [0.15, 0.2) is 60.9 Å². The number of fused-ring (bicyclic) bond motifs is 1. The molecule has 3 aromatic rings. The summed E-state index contributed by atoms with van der Waals surface area (Å²) in [4.78, 5) is 2.39. The van der Waals surface area contributed by atoms with Gasteiger partial charge in [-0.2, -0.15) is 5.26 Å². The number of hydrogen-bond acceptors (Lipinski definition) is 3. The summed E-state index contributed by atoms with van der Waals surface area (Å²) in [5.74, 6) is 0. The van der Waals surface area contributed by atoms with Gasteiger partial charge in [0, 0.05) is 37.6 Å². The van der Waals surface area contributed by atoms with Crippen molar-refractivity contribution in [3.05, 3.63) is 77.6 Å². The van der Waals surface area contributed by atoms with Crippen LogP contribution in [-0.4, -0.2) is 28.5 Å². The van der Waals surface area contributed by atoms with Gasteiger partial charge in [0.1, 0.15) is 6.07 Å². The maximum Gasteiger partial charge on any atom is 0.102 e. The molecule has 1 aliphatic heterocycles. The van der Waals surface area contributed by atoms with Crippen molar-refractivity contribution in [2.24, 2.45) is 0 Å². The molecule has 0 saturated carbocycles. The number of ether oxygens (including phenoxy) is 1. The fraction of sp³-hybridized carbons (Fsp3) is 0.286. The lowest BCUT2D eigenvalue weighted by Gasteiger charge is -2.37. The van der Waals surface area contributed by atoms with Crippen LogP contribution in [0.4, 0.5) is 0 Å². The Morgan fingerprint density at radius 2 is 1.92 bits per heavy atom. The topological polar surface area (TPSA) is 40.7 Å². The molecule has 126 valence electrons. The van der Waals surface area contributed by atoms with Gasteiger partial charge in [-0.3, -0.25) is 4.90 Å². The van der Waals surface area contributed by atoms with Crippen molar-refractivity contribution in [2.45, 2.75) is 25.7 Å². The van der Waals surface area contributed by atoms with E-state index in [2.05, 4.69) is 48.4 Å². The van der Waals surface area contributed by atoms with Crippen molar-refractivity contribution in [3.63, 3.8) is 0 Å². The maximum absolute atomic E-state index is 9.61. The second kappa shape index (κ2) is 6.72. The third kappa shape index (κ3) is 3.17. The van der Waals surface area contributed by atoms with E-state index in [9.17, 15) is 5.26 Å². The molecular weight excluding hydrogens is 310 g/mol. The van der Waals surface area contributed by atoms with Crippen LogP contribution in [0.5, 0.6) is 0 Å². The van der Waals surface area contributed by atoms with Crippen molar-refractivity contribution in [1.29, 1.82) is 5.26 Å². The second-order valence-electron chi connectivity index (χ2n) is 6.67. The lowest BCUT2D eigenvalue weighted by atomic mass is 10.1. The average Bonchev–Trinajstić information content (AvgIpc) is 2.99. The third-order valence-corrected chi connectivity index (χ3v) is 4.78. The zero-order valence-corrected chi connectivity index (χ0v) is 14.3. The van der Waals surface area contributed by atoms with Gasteiger partial charge in [0.25, 0.3) is 0 Å². The third-order valence-electron chi connectivity index (χ3n) is 4.78. The van der Waals surface area contributed by atoms with Gasteiger partial charge in [-0.05, 0) is 24.6 Å². The molecule has 2 atom stereocenters. The summed E-state index contributed by atoms with van der Waals surface area (Å²) in [6, 6.07) is 18.7. The zero-order chi connectivity index (χ0) is 17.2. The molecule has 1 saturated heterocycles. The highest BCUT2D eigenvalue weighted by Gasteiger charge is 2.27. The highest BCUT2D eigenvalue weighted by atomic mass is 16.5. The highest BCUT2D eigenvalue weighted by Crippen LogP contribution is 2.27. The van der Waals surface area contributed by atoms with Crippen LogP contribution in [-0.2, 0) is 11.3 Å². The minimum atomic E-state index is 0.0764. The Hall–Kier alpha value is -2.61. The van der Waals surface area contributed by atoms with E-state index in [4.69, 9.17) is 4.74 Å². The normalized spacial score (nSPS) is 21.3. The molecule has 0 spiro atoms. The molecule has 1 aliphatic rings. The second-order valence-corrected chi connectivity index (χ2v) is 6.67. The first-order valence-electron chi connectivity index (χ1n) is 8.66. The predicted molar refractivity (Wildman–Crippen MR) is 97.1 cm³/mol. The van der Waals surface area contributed by atoms with E-state index in [0.717, 1.165) is 36.3 Å². The molecule has 25 heavy (non-hydrogen) atoms. The van der Waals surface area contributed by atoms with Gasteiger partial charge in [-0.25, -0.2) is 0 Å².